The maximum atomic E-state index is 9.63. The Morgan fingerprint density at radius 3 is 2.82 bits per heavy atom. The molecule has 0 aliphatic carbocycles. The molecule has 0 aliphatic rings. The van der Waals surface area contributed by atoms with Crippen molar-refractivity contribution in [3.8, 4) is 0 Å². The van der Waals surface area contributed by atoms with E-state index >= 15 is 0 Å². The molecular formula is C12H18ClNO3. The lowest BCUT2D eigenvalue weighted by atomic mass is 10.3. The lowest BCUT2D eigenvalue weighted by Crippen LogP contribution is -2.25. The molecular weight excluding hydrogens is 242 g/mol. The maximum Gasteiger partial charge on any atom is 0.0945 e. The monoisotopic (exact) mass is 259 g/mol. The minimum Gasteiger partial charge on any atom is -0.389 e. The summed E-state index contributed by atoms with van der Waals surface area (Å²) in [5, 5.41) is 13.3. The van der Waals surface area contributed by atoms with Crippen molar-refractivity contribution in [3.05, 3.63) is 29.3 Å². The molecule has 96 valence electrons. The lowest BCUT2D eigenvalue weighted by Gasteiger charge is -2.13. The van der Waals surface area contributed by atoms with Crippen LogP contribution in [0, 0.1) is 0 Å². The summed E-state index contributed by atoms with van der Waals surface area (Å²) in [6.45, 7) is 1.70. The van der Waals surface area contributed by atoms with Crippen LogP contribution in [0.25, 0.3) is 0 Å². The van der Waals surface area contributed by atoms with Gasteiger partial charge in [-0.15, -0.1) is 0 Å². The predicted molar refractivity (Wildman–Crippen MR) is 68.6 cm³/mol. The van der Waals surface area contributed by atoms with Crippen molar-refractivity contribution >= 4 is 17.3 Å². The Balaban J connectivity index is 2.19. The third kappa shape index (κ3) is 5.89. The molecule has 1 aromatic carbocycles. The van der Waals surface area contributed by atoms with E-state index in [4.69, 9.17) is 21.1 Å². The van der Waals surface area contributed by atoms with Crippen LogP contribution >= 0.6 is 11.6 Å². The average molecular weight is 260 g/mol. The molecule has 0 fully saturated rings. The van der Waals surface area contributed by atoms with Crippen LogP contribution in [0.4, 0.5) is 5.69 Å². The van der Waals surface area contributed by atoms with Gasteiger partial charge in [-0.3, -0.25) is 0 Å². The quantitative estimate of drug-likeness (QED) is 0.699. The fourth-order valence-electron chi connectivity index (χ4n) is 1.25. The van der Waals surface area contributed by atoms with E-state index in [1.807, 2.05) is 18.2 Å². The topological polar surface area (TPSA) is 50.7 Å². The van der Waals surface area contributed by atoms with Crippen LogP contribution in [0.5, 0.6) is 0 Å². The molecule has 0 saturated heterocycles. The van der Waals surface area contributed by atoms with Gasteiger partial charge in [-0.05, 0) is 12.1 Å². The number of hydrogen-bond acceptors (Lipinski definition) is 4. The molecule has 0 bridgehead atoms. The number of methoxy groups -OCH3 is 1. The third-order valence-electron chi connectivity index (χ3n) is 2.14. The van der Waals surface area contributed by atoms with Gasteiger partial charge in [0.2, 0.25) is 0 Å². The molecule has 0 spiro atoms. The molecule has 5 heteroatoms. The molecule has 1 rings (SSSR count). The molecule has 0 amide bonds. The van der Waals surface area contributed by atoms with E-state index in [0.29, 0.717) is 24.8 Å². The van der Waals surface area contributed by atoms with Gasteiger partial charge in [0.25, 0.3) is 0 Å². The van der Waals surface area contributed by atoms with Crippen LogP contribution in [-0.4, -0.2) is 44.7 Å². The lowest BCUT2D eigenvalue weighted by molar-refractivity contribution is 0.0182. The molecule has 0 radical (unpaired) electrons. The van der Waals surface area contributed by atoms with Gasteiger partial charge < -0.3 is 19.9 Å². The Labute approximate surface area is 106 Å². The van der Waals surface area contributed by atoms with Gasteiger partial charge in [-0.25, -0.2) is 0 Å². The first-order valence-electron chi connectivity index (χ1n) is 5.47. The van der Waals surface area contributed by atoms with E-state index in [9.17, 15) is 5.11 Å². The molecule has 4 nitrogen and oxygen atoms in total. The van der Waals surface area contributed by atoms with E-state index in [1.165, 1.54) is 0 Å². The highest BCUT2D eigenvalue weighted by atomic mass is 35.5. The number of anilines is 1. The summed E-state index contributed by atoms with van der Waals surface area (Å²) in [6.07, 6.45) is -0.567. The van der Waals surface area contributed by atoms with Crippen molar-refractivity contribution in [1.29, 1.82) is 0 Å². The number of hydrogen-bond donors (Lipinski definition) is 2. The predicted octanol–water partition coefficient (Wildman–Crippen LogP) is 1.78. The fourth-order valence-corrected chi connectivity index (χ4v) is 1.46. The Hall–Kier alpha value is -0.810. The summed E-state index contributed by atoms with van der Waals surface area (Å²) in [5.74, 6) is 0. The van der Waals surface area contributed by atoms with Crippen LogP contribution in [0.1, 0.15) is 0 Å². The van der Waals surface area contributed by atoms with Crippen molar-refractivity contribution in [3.63, 3.8) is 0 Å². The number of aliphatic hydroxyl groups is 1. The van der Waals surface area contributed by atoms with Gasteiger partial charge in [0.1, 0.15) is 0 Å². The first kappa shape index (κ1) is 14.3. The number of para-hydroxylation sites is 1. The van der Waals surface area contributed by atoms with Gasteiger partial charge in [-0.2, -0.15) is 0 Å². The van der Waals surface area contributed by atoms with E-state index in [1.54, 1.807) is 13.2 Å². The molecule has 17 heavy (non-hydrogen) atoms. The largest absolute Gasteiger partial charge is 0.389 e. The van der Waals surface area contributed by atoms with Crippen LogP contribution in [0.3, 0.4) is 0 Å². The zero-order chi connectivity index (χ0) is 12.5. The smallest absolute Gasteiger partial charge is 0.0945 e. The summed E-state index contributed by atoms with van der Waals surface area (Å²) < 4.78 is 10.0. The zero-order valence-corrected chi connectivity index (χ0v) is 10.6. The van der Waals surface area contributed by atoms with E-state index in [-0.39, 0.29) is 6.61 Å². The summed E-state index contributed by atoms with van der Waals surface area (Å²) in [4.78, 5) is 0. The molecule has 0 saturated carbocycles. The summed E-state index contributed by atoms with van der Waals surface area (Å²) >= 11 is 5.96. The SMILES string of the molecule is COCCOCC(O)CNc1ccccc1Cl. The second-order valence-electron chi connectivity index (χ2n) is 3.58. The molecule has 2 N–H and O–H groups in total. The van der Waals surface area contributed by atoms with Crippen molar-refractivity contribution < 1.29 is 14.6 Å². The normalized spacial score (nSPS) is 12.4. The fraction of sp³-hybridized carbons (Fsp3) is 0.500. The summed E-state index contributed by atoms with van der Waals surface area (Å²) in [7, 11) is 1.61. The number of ether oxygens (including phenoxy) is 2. The molecule has 1 aromatic rings. The first-order valence-corrected chi connectivity index (χ1v) is 5.85. The van der Waals surface area contributed by atoms with E-state index < -0.39 is 6.10 Å². The highest BCUT2D eigenvalue weighted by molar-refractivity contribution is 6.33. The molecule has 1 atom stereocenters. The Kier molecular flexibility index (Phi) is 6.96. The zero-order valence-electron chi connectivity index (χ0n) is 9.86. The highest BCUT2D eigenvalue weighted by Crippen LogP contribution is 2.20. The van der Waals surface area contributed by atoms with Gasteiger partial charge in [-0.1, -0.05) is 23.7 Å². The Morgan fingerprint density at radius 1 is 1.35 bits per heavy atom. The number of benzene rings is 1. The molecule has 0 aromatic heterocycles. The number of aliphatic hydroxyl groups excluding tert-OH is 1. The molecule has 0 heterocycles. The third-order valence-corrected chi connectivity index (χ3v) is 2.47. The average Bonchev–Trinajstić information content (AvgIpc) is 2.34. The van der Waals surface area contributed by atoms with Gasteiger partial charge in [0.05, 0.1) is 36.6 Å². The Morgan fingerprint density at radius 2 is 2.12 bits per heavy atom. The maximum absolute atomic E-state index is 9.63. The molecule has 1 unspecified atom stereocenters. The van der Waals surface area contributed by atoms with Crippen molar-refractivity contribution in [2.24, 2.45) is 0 Å². The van der Waals surface area contributed by atoms with Crippen LogP contribution < -0.4 is 5.32 Å². The van der Waals surface area contributed by atoms with Crippen molar-refractivity contribution in [1.82, 2.24) is 0 Å². The summed E-state index contributed by atoms with van der Waals surface area (Å²) in [5.41, 5.74) is 0.810. The minimum atomic E-state index is -0.567. The number of halogens is 1. The molecule has 0 aliphatic heterocycles. The second-order valence-corrected chi connectivity index (χ2v) is 3.99. The van der Waals surface area contributed by atoms with E-state index in [0.717, 1.165) is 5.69 Å². The van der Waals surface area contributed by atoms with Crippen molar-refractivity contribution in [2.75, 3.05) is 38.8 Å². The minimum absolute atomic E-state index is 0.279. The van der Waals surface area contributed by atoms with Crippen molar-refractivity contribution in [2.45, 2.75) is 6.10 Å². The van der Waals surface area contributed by atoms with Crippen LogP contribution in [-0.2, 0) is 9.47 Å². The van der Waals surface area contributed by atoms with Crippen LogP contribution in [0.15, 0.2) is 24.3 Å². The standard InChI is InChI=1S/C12H18ClNO3/c1-16-6-7-17-9-10(15)8-14-12-5-3-2-4-11(12)13/h2-5,10,14-15H,6-9H2,1H3. The number of nitrogens with one attached hydrogen (secondary N) is 1. The van der Waals surface area contributed by atoms with Gasteiger partial charge in [0.15, 0.2) is 0 Å². The Bertz CT molecular complexity index is 322. The highest BCUT2D eigenvalue weighted by Gasteiger charge is 2.05. The summed E-state index contributed by atoms with van der Waals surface area (Å²) in [6, 6.07) is 7.40. The van der Waals surface area contributed by atoms with Crippen LogP contribution in [0.2, 0.25) is 5.02 Å². The van der Waals surface area contributed by atoms with Gasteiger partial charge in [0, 0.05) is 13.7 Å². The first-order chi connectivity index (χ1) is 8.24. The second kappa shape index (κ2) is 8.31. The number of rotatable bonds is 8. The van der Waals surface area contributed by atoms with Gasteiger partial charge >= 0.3 is 0 Å². The van der Waals surface area contributed by atoms with E-state index in [2.05, 4.69) is 5.32 Å².